The van der Waals surface area contributed by atoms with Crippen molar-refractivity contribution in [1.82, 2.24) is 5.32 Å². The van der Waals surface area contributed by atoms with E-state index < -0.39 is 0 Å². The number of rotatable bonds is 5. The molecule has 78 valence electrons. The SMILES string of the molecule is CCOCCNC(=O)c1sccc1N. The molecule has 4 nitrogen and oxygen atoms in total. The van der Waals surface area contributed by atoms with Gasteiger partial charge in [0.2, 0.25) is 0 Å². The van der Waals surface area contributed by atoms with E-state index in [2.05, 4.69) is 5.32 Å². The molecule has 0 radical (unpaired) electrons. The molecule has 1 heterocycles. The first kappa shape index (κ1) is 11.0. The fourth-order valence-corrected chi connectivity index (χ4v) is 1.70. The number of hydrogen-bond acceptors (Lipinski definition) is 4. The van der Waals surface area contributed by atoms with E-state index in [1.54, 1.807) is 11.4 Å². The van der Waals surface area contributed by atoms with E-state index in [0.29, 0.717) is 30.3 Å². The average molecular weight is 214 g/mol. The van der Waals surface area contributed by atoms with Crippen molar-refractivity contribution in [3.05, 3.63) is 16.3 Å². The Kier molecular flexibility index (Phi) is 4.42. The fourth-order valence-electron chi connectivity index (χ4n) is 0.965. The summed E-state index contributed by atoms with van der Waals surface area (Å²) in [6.45, 7) is 3.63. The Bertz CT molecular complexity index is 299. The summed E-state index contributed by atoms with van der Waals surface area (Å²) in [5, 5.41) is 4.53. The molecular formula is C9H14N2O2S. The second-order valence-electron chi connectivity index (χ2n) is 2.66. The van der Waals surface area contributed by atoms with E-state index in [-0.39, 0.29) is 5.91 Å². The number of thiophene rings is 1. The quantitative estimate of drug-likeness (QED) is 0.721. The van der Waals surface area contributed by atoms with Gasteiger partial charge in [0.15, 0.2) is 0 Å². The van der Waals surface area contributed by atoms with Gasteiger partial charge in [-0.1, -0.05) is 0 Å². The van der Waals surface area contributed by atoms with Crippen LogP contribution in [0.25, 0.3) is 0 Å². The second kappa shape index (κ2) is 5.62. The molecule has 0 spiro atoms. The van der Waals surface area contributed by atoms with Gasteiger partial charge in [0.1, 0.15) is 4.88 Å². The van der Waals surface area contributed by atoms with Gasteiger partial charge < -0.3 is 15.8 Å². The summed E-state index contributed by atoms with van der Waals surface area (Å²) in [6, 6.07) is 1.72. The van der Waals surface area contributed by atoms with E-state index in [0.717, 1.165) is 0 Å². The molecule has 1 aromatic rings. The third kappa shape index (κ3) is 3.01. The lowest BCUT2D eigenvalue weighted by molar-refractivity contribution is 0.0927. The number of ether oxygens (including phenoxy) is 1. The first-order valence-electron chi connectivity index (χ1n) is 4.44. The van der Waals surface area contributed by atoms with E-state index in [4.69, 9.17) is 10.5 Å². The zero-order valence-electron chi connectivity index (χ0n) is 8.08. The summed E-state index contributed by atoms with van der Waals surface area (Å²) in [6.07, 6.45) is 0. The van der Waals surface area contributed by atoms with Crippen LogP contribution in [0.2, 0.25) is 0 Å². The van der Waals surface area contributed by atoms with E-state index in [1.165, 1.54) is 11.3 Å². The van der Waals surface area contributed by atoms with Crippen LogP contribution in [-0.4, -0.2) is 25.7 Å². The molecule has 0 saturated heterocycles. The number of nitrogens with two attached hydrogens (primary N) is 1. The highest BCUT2D eigenvalue weighted by Crippen LogP contribution is 2.17. The Balaban J connectivity index is 2.32. The van der Waals surface area contributed by atoms with Gasteiger partial charge in [-0.3, -0.25) is 4.79 Å². The maximum Gasteiger partial charge on any atom is 0.263 e. The molecule has 0 fully saturated rings. The van der Waals surface area contributed by atoms with Crippen molar-refractivity contribution >= 4 is 22.9 Å². The van der Waals surface area contributed by atoms with Crippen LogP contribution in [0.15, 0.2) is 11.4 Å². The zero-order chi connectivity index (χ0) is 10.4. The number of anilines is 1. The minimum absolute atomic E-state index is 0.128. The molecule has 0 saturated carbocycles. The van der Waals surface area contributed by atoms with Crippen molar-refractivity contribution in [3.63, 3.8) is 0 Å². The Morgan fingerprint density at radius 1 is 1.71 bits per heavy atom. The van der Waals surface area contributed by atoms with Crippen molar-refractivity contribution in [2.45, 2.75) is 6.92 Å². The van der Waals surface area contributed by atoms with Crippen LogP contribution in [0.1, 0.15) is 16.6 Å². The monoisotopic (exact) mass is 214 g/mol. The summed E-state index contributed by atoms with van der Waals surface area (Å²) in [5.41, 5.74) is 6.12. The number of nitrogens with one attached hydrogen (secondary N) is 1. The Morgan fingerprint density at radius 2 is 2.50 bits per heavy atom. The van der Waals surface area contributed by atoms with Gasteiger partial charge >= 0.3 is 0 Å². The van der Waals surface area contributed by atoms with E-state index in [1.807, 2.05) is 6.92 Å². The van der Waals surface area contributed by atoms with Crippen LogP contribution in [0.4, 0.5) is 5.69 Å². The molecule has 1 amide bonds. The van der Waals surface area contributed by atoms with Gasteiger partial charge in [-0.05, 0) is 18.4 Å². The lowest BCUT2D eigenvalue weighted by Gasteiger charge is -2.03. The molecule has 0 bridgehead atoms. The van der Waals surface area contributed by atoms with E-state index >= 15 is 0 Å². The topological polar surface area (TPSA) is 64.3 Å². The molecule has 0 atom stereocenters. The number of hydrogen-bond donors (Lipinski definition) is 2. The zero-order valence-corrected chi connectivity index (χ0v) is 8.89. The fraction of sp³-hybridized carbons (Fsp3) is 0.444. The summed E-state index contributed by atoms with van der Waals surface area (Å²) < 4.78 is 5.09. The van der Waals surface area contributed by atoms with Gasteiger partial charge in [0.25, 0.3) is 5.91 Å². The van der Waals surface area contributed by atoms with Gasteiger partial charge in [-0.2, -0.15) is 0 Å². The number of carbonyl (C=O) groups is 1. The second-order valence-corrected chi connectivity index (χ2v) is 3.57. The minimum Gasteiger partial charge on any atom is -0.397 e. The maximum absolute atomic E-state index is 11.5. The first-order valence-corrected chi connectivity index (χ1v) is 5.32. The Morgan fingerprint density at radius 3 is 3.07 bits per heavy atom. The number of amides is 1. The molecule has 0 unspecified atom stereocenters. The molecule has 1 aromatic heterocycles. The lowest BCUT2D eigenvalue weighted by atomic mass is 10.4. The molecular weight excluding hydrogens is 200 g/mol. The van der Waals surface area contributed by atoms with Gasteiger partial charge in [0.05, 0.1) is 12.3 Å². The molecule has 0 aliphatic carbocycles. The van der Waals surface area contributed by atoms with Crippen LogP contribution in [-0.2, 0) is 4.74 Å². The van der Waals surface area contributed by atoms with Crippen LogP contribution in [0.5, 0.6) is 0 Å². The Hall–Kier alpha value is -1.07. The largest absolute Gasteiger partial charge is 0.397 e. The first-order chi connectivity index (χ1) is 6.75. The molecule has 3 N–H and O–H groups in total. The predicted molar refractivity (Wildman–Crippen MR) is 57.6 cm³/mol. The predicted octanol–water partition coefficient (Wildman–Crippen LogP) is 1.10. The van der Waals surface area contributed by atoms with Crippen LogP contribution in [0, 0.1) is 0 Å². The minimum atomic E-state index is -0.128. The molecule has 14 heavy (non-hydrogen) atoms. The molecule has 0 aromatic carbocycles. The highest BCUT2D eigenvalue weighted by Gasteiger charge is 2.09. The standard InChI is InChI=1S/C9H14N2O2S/c1-2-13-5-4-11-9(12)8-7(10)3-6-14-8/h3,6H,2,4-5,10H2,1H3,(H,11,12). The molecule has 0 aliphatic heterocycles. The van der Waals surface area contributed by atoms with Crippen LogP contribution in [0.3, 0.4) is 0 Å². The van der Waals surface area contributed by atoms with Gasteiger partial charge in [0, 0.05) is 13.2 Å². The molecule has 0 aliphatic rings. The molecule has 1 rings (SSSR count). The highest BCUT2D eigenvalue weighted by molar-refractivity contribution is 7.12. The van der Waals surface area contributed by atoms with Crippen molar-refractivity contribution in [1.29, 1.82) is 0 Å². The van der Waals surface area contributed by atoms with E-state index in [9.17, 15) is 4.79 Å². The van der Waals surface area contributed by atoms with Crippen molar-refractivity contribution in [3.8, 4) is 0 Å². The number of carbonyl (C=O) groups excluding carboxylic acids is 1. The number of nitrogen functional groups attached to an aromatic ring is 1. The third-order valence-corrected chi connectivity index (χ3v) is 2.57. The average Bonchev–Trinajstić information content (AvgIpc) is 2.59. The summed E-state index contributed by atoms with van der Waals surface area (Å²) >= 11 is 1.34. The van der Waals surface area contributed by atoms with Crippen molar-refractivity contribution in [2.24, 2.45) is 0 Å². The summed E-state index contributed by atoms with van der Waals surface area (Å²) in [4.78, 5) is 12.0. The third-order valence-electron chi connectivity index (χ3n) is 1.64. The smallest absolute Gasteiger partial charge is 0.263 e. The normalized spacial score (nSPS) is 10.1. The van der Waals surface area contributed by atoms with Gasteiger partial charge in [-0.15, -0.1) is 11.3 Å². The summed E-state index contributed by atoms with van der Waals surface area (Å²) in [7, 11) is 0. The maximum atomic E-state index is 11.5. The highest BCUT2D eigenvalue weighted by atomic mass is 32.1. The van der Waals surface area contributed by atoms with Crippen molar-refractivity contribution in [2.75, 3.05) is 25.5 Å². The summed E-state index contributed by atoms with van der Waals surface area (Å²) in [5.74, 6) is -0.128. The van der Waals surface area contributed by atoms with Crippen LogP contribution >= 0.6 is 11.3 Å². The Labute approximate surface area is 87.1 Å². The van der Waals surface area contributed by atoms with Gasteiger partial charge in [-0.25, -0.2) is 0 Å². The van der Waals surface area contributed by atoms with Crippen LogP contribution < -0.4 is 11.1 Å². The van der Waals surface area contributed by atoms with Crippen molar-refractivity contribution < 1.29 is 9.53 Å². The molecule has 5 heteroatoms. The lowest BCUT2D eigenvalue weighted by Crippen LogP contribution is -2.27.